The Morgan fingerprint density at radius 1 is 1.10 bits per heavy atom. The zero-order valence-corrected chi connectivity index (χ0v) is 11.9. The van der Waals surface area contributed by atoms with Crippen LogP contribution in [0.4, 0.5) is 4.39 Å². The van der Waals surface area contributed by atoms with Gasteiger partial charge in [-0.2, -0.15) is 0 Å². The van der Waals surface area contributed by atoms with E-state index in [1.54, 1.807) is 12.1 Å². The highest BCUT2D eigenvalue weighted by Crippen LogP contribution is 2.35. The highest BCUT2D eigenvalue weighted by atomic mass is 19.1. The predicted octanol–water partition coefficient (Wildman–Crippen LogP) is 3.66. The maximum atomic E-state index is 12.9. The van der Waals surface area contributed by atoms with Gasteiger partial charge in [-0.05, 0) is 62.4 Å². The average Bonchev–Trinajstić information content (AvgIpc) is 2.48. The van der Waals surface area contributed by atoms with Crippen molar-refractivity contribution in [1.82, 2.24) is 4.90 Å². The molecule has 1 saturated heterocycles. The van der Waals surface area contributed by atoms with Crippen molar-refractivity contribution in [2.75, 3.05) is 13.1 Å². The third-order valence-corrected chi connectivity index (χ3v) is 4.87. The Kier molecular flexibility index (Phi) is 4.16. The standard InChI is InChI=1S/C17H22FNO/c18-15-9-7-14(8-10-15)17(20)12-19-11-3-5-13-4-1-2-6-16(13)19/h7-10,13,16H,1-6,11-12H2/t13-,16-/m1/s1. The van der Waals surface area contributed by atoms with Gasteiger partial charge in [0.1, 0.15) is 5.82 Å². The Balaban J connectivity index is 1.66. The van der Waals surface area contributed by atoms with Crippen LogP contribution in [0.3, 0.4) is 0 Å². The second-order valence-electron chi connectivity index (χ2n) is 6.15. The van der Waals surface area contributed by atoms with Crippen LogP contribution in [0.15, 0.2) is 24.3 Å². The zero-order chi connectivity index (χ0) is 13.9. The molecule has 1 aromatic rings. The number of Topliss-reactive ketones (excluding diaryl/α,β-unsaturated/α-hetero) is 1. The maximum absolute atomic E-state index is 12.9. The second kappa shape index (κ2) is 6.04. The normalized spacial score (nSPS) is 27.1. The van der Waals surface area contributed by atoms with Crippen LogP contribution < -0.4 is 0 Å². The molecule has 0 bridgehead atoms. The molecule has 3 rings (SSSR count). The van der Waals surface area contributed by atoms with E-state index in [9.17, 15) is 9.18 Å². The van der Waals surface area contributed by atoms with E-state index in [-0.39, 0.29) is 11.6 Å². The van der Waals surface area contributed by atoms with Crippen molar-refractivity contribution in [3.63, 3.8) is 0 Å². The largest absolute Gasteiger partial charge is 0.293 e. The minimum Gasteiger partial charge on any atom is -0.293 e. The quantitative estimate of drug-likeness (QED) is 0.785. The van der Waals surface area contributed by atoms with Crippen LogP contribution in [0.5, 0.6) is 0 Å². The molecule has 1 saturated carbocycles. The minimum atomic E-state index is -0.285. The van der Waals surface area contributed by atoms with Gasteiger partial charge in [-0.15, -0.1) is 0 Å². The molecule has 2 atom stereocenters. The molecule has 0 radical (unpaired) electrons. The Morgan fingerprint density at radius 3 is 2.60 bits per heavy atom. The number of halogens is 1. The van der Waals surface area contributed by atoms with E-state index in [1.165, 1.54) is 50.7 Å². The minimum absolute atomic E-state index is 0.122. The maximum Gasteiger partial charge on any atom is 0.176 e. The summed E-state index contributed by atoms with van der Waals surface area (Å²) in [6.07, 6.45) is 7.74. The summed E-state index contributed by atoms with van der Waals surface area (Å²) in [7, 11) is 0. The molecular formula is C17H22FNO. The Hall–Kier alpha value is -1.22. The molecule has 2 nitrogen and oxygen atoms in total. The first-order valence-electron chi connectivity index (χ1n) is 7.77. The van der Waals surface area contributed by atoms with Crippen LogP contribution in [-0.2, 0) is 0 Å². The number of fused-ring (bicyclic) bond motifs is 1. The molecule has 3 heteroatoms. The van der Waals surface area contributed by atoms with Crippen molar-refractivity contribution in [3.05, 3.63) is 35.6 Å². The summed E-state index contributed by atoms with van der Waals surface area (Å²) in [6, 6.07) is 6.53. The fraction of sp³-hybridized carbons (Fsp3) is 0.588. The van der Waals surface area contributed by atoms with Gasteiger partial charge in [-0.25, -0.2) is 4.39 Å². The summed E-state index contributed by atoms with van der Waals surface area (Å²) in [5.41, 5.74) is 0.629. The molecule has 0 aromatic heterocycles. The first-order chi connectivity index (χ1) is 9.74. The van der Waals surface area contributed by atoms with E-state index >= 15 is 0 Å². The Bertz CT molecular complexity index is 468. The van der Waals surface area contributed by atoms with E-state index in [1.807, 2.05) is 0 Å². The molecule has 1 aromatic carbocycles. The highest BCUT2D eigenvalue weighted by Gasteiger charge is 2.33. The third-order valence-electron chi connectivity index (χ3n) is 4.87. The van der Waals surface area contributed by atoms with Gasteiger partial charge in [-0.3, -0.25) is 9.69 Å². The van der Waals surface area contributed by atoms with Gasteiger partial charge in [-0.1, -0.05) is 12.8 Å². The molecule has 0 N–H and O–H groups in total. The molecule has 2 fully saturated rings. The zero-order valence-electron chi connectivity index (χ0n) is 11.9. The molecule has 20 heavy (non-hydrogen) atoms. The lowest BCUT2D eigenvalue weighted by molar-refractivity contribution is 0.0539. The number of likely N-dealkylation sites (tertiary alicyclic amines) is 1. The summed E-state index contributed by atoms with van der Waals surface area (Å²) in [4.78, 5) is 14.7. The lowest BCUT2D eigenvalue weighted by Gasteiger charge is -2.43. The van der Waals surface area contributed by atoms with Gasteiger partial charge in [0.25, 0.3) is 0 Å². The SMILES string of the molecule is O=C(CN1CCC[C@H]2CCCC[C@H]21)c1ccc(F)cc1. The van der Waals surface area contributed by atoms with Crippen molar-refractivity contribution >= 4 is 5.78 Å². The molecule has 108 valence electrons. The number of piperidine rings is 1. The summed E-state index contributed by atoms with van der Waals surface area (Å²) in [5.74, 6) is 0.626. The van der Waals surface area contributed by atoms with Gasteiger partial charge in [0.2, 0.25) is 0 Å². The number of ketones is 1. The molecule has 0 spiro atoms. The Morgan fingerprint density at radius 2 is 1.80 bits per heavy atom. The van der Waals surface area contributed by atoms with E-state index in [0.717, 1.165) is 12.5 Å². The average molecular weight is 275 g/mol. The first kappa shape index (κ1) is 13.7. The lowest BCUT2D eigenvalue weighted by Crippen LogP contribution is -2.48. The van der Waals surface area contributed by atoms with Crippen LogP contribution in [0, 0.1) is 11.7 Å². The second-order valence-corrected chi connectivity index (χ2v) is 6.15. The molecule has 0 unspecified atom stereocenters. The van der Waals surface area contributed by atoms with Crippen LogP contribution in [0.1, 0.15) is 48.9 Å². The predicted molar refractivity (Wildman–Crippen MR) is 77.3 cm³/mol. The summed E-state index contributed by atoms with van der Waals surface area (Å²) < 4.78 is 12.9. The van der Waals surface area contributed by atoms with Crippen molar-refractivity contribution in [3.8, 4) is 0 Å². The number of nitrogens with zero attached hydrogens (tertiary/aromatic N) is 1. The number of benzene rings is 1. The number of rotatable bonds is 3. The topological polar surface area (TPSA) is 20.3 Å². The summed E-state index contributed by atoms with van der Waals surface area (Å²) in [5, 5.41) is 0. The van der Waals surface area contributed by atoms with Gasteiger partial charge >= 0.3 is 0 Å². The lowest BCUT2D eigenvalue weighted by atomic mass is 9.78. The number of carbonyl (C=O) groups excluding carboxylic acids is 1. The van der Waals surface area contributed by atoms with Gasteiger partial charge < -0.3 is 0 Å². The summed E-state index contributed by atoms with van der Waals surface area (Å²) in [6.45, 7) is 1.53. The monoisotopic (exact) mass is 275 g/mol. The molecule has 1 aliphatic carbocycles. The van der Waals surface area contributed by atoms with Crippen LogP contribution in [0.2, 0.25) is 0 Å². The first-order valence-corrected chi connectivity index (χ1v) is 7.77. The molecule has 1 aliphatic heterocycles. The van der Waals surface area contributed by atoms with Crippen LogP contribution in [0.25, 0.3) is 0 Å². The van der Waals surface area contributed by atoms with E-state index < -0.39 is 0 Å². The fourth-order valence-electron chi connectivity index (χ4n) is 3.84. The van der Waals surface area contributed by atoms with Crippen molar-refractivity contribution < 1.29 is 9.18 Å². The van der Waals surface area contributed by atoms with Crippen LogP contribution >= 0.6 is 0 Å². The number of hydrogen-bond donors (Lipinski definition) is 0. The van der Waals surface area contributed by atoms with Gasteiger partial charge in [0.15, 0.2) is 5.78 Å². The van der Waals surface area contributed by atoms with Crippen molar-refractivity contribution in [2.45, 2.75) is 44.6 Å². The molecule has 2 aliphatic rings. The molecule has 1 heterocycles. The number of carbonyl (C=O) groups is 1. The van der Waals surface area contributed by atoms with E-state index in [0.29, 0.717) is 18.2 Å². The molecular weight excluding hydrogens is 253 g/mol. The third kappa shape index (κ3) is 2.93. The van der Waals surface area contributed by atoms with Crippen molar-refractivity contribution in [2.24, 2.45) is 5.92 Å². The van der Waals surface area contributed by atoms with Gasteiger partial charge in [0.05, 0.1) is 6.54 Å². The van der Waals surface area contributed by atoms with Gasteiger partial charge in [0, 0.05) is 11.6 Å². The summed E-state index contributed by atoms with van der Waals surface area (Å²) >= 11 is 0. The number of hydrogen-bond acceptors (Lipinski definition) is 2. The molecule has 0 amide bonds. The smallest absolute Gasteiger partial charge is 0.176 e. The van der Waals surface area contributed by atoms with Crippen molar-refractivity contribution in [1.29, 1.82) is 0 Å². The van der Waals surface area contributed by atoms with E-state index in [4.69, 9.17) is 0 Å². The fourth-order valence-corrected chi connectivity index (χ4v) is 3.84. The van der Waals surface area contributed by atoms with Crippen LogP contribution in [-0.4, -0.2) is 29.8 Å². The van der Waals surface area contributed by atoms with E-state index in [2.05, 4.69) is 4.90 Å². The Labute approximate surface area is 120 Å². The highest BCUT2D eigenvalue weighted by molar-refractivity contribution is 5.97.